The third-order valence-corrected chi connectivity index (χ3v) is 3.73. The molecule has 0 saturated heterocycles. The zero-order valence-corrected chi connectivity index (χ0v) is 14.0. The molecule has 2 aromatic heterocycles. The van der Waals surface area contributed by atoms with Gasteiger partial charge in [0, 0.05) is 25.6 Å². The van der Waals surface area contributed by atoms with Gasteiger partial charge in [0.1, 0.15) is 12.1 Å². The molecule has 1 N–H and O–H groups in total. The predicted octanol–water partition coefficient (Wildman–Crippen LogP) is 1.34. The summed E-state index contributed by atoms with van der Waals surface area (Å²) < 4.78 is 12.0. The lowest BCUT2D eigenvalue weighted by Crippen LogP contribution is -2.29. The molecule has 0 unspecified atom stereocenters. The molecule has 126 valence electrons. The number of hydrogen-bond donors (Lipinski definition) is 1. The Morgan fingerprint density at radius 3 is 2.91 bits per heavy atom. The van der Waals surface area contributed by atoms with Crippen LogP contribution < -0.4 is 5.32 Å². The van der Waals surface area contributed by atoms with E-state index in [1.54, 1.807) is 13.4 Å². The van der Waals surface area contributed by atoms with Crippen molar-refractivity contribution in [3.63, 3.8) is 0 Å². The van der Waals surface area contributed by atoms with E-state index in [9.17, 15) is 4.79 Å². The summed E-state index contributed by atoms with van der Waals surface area (Å²) in [4.78, 5) is 12.1. The maximum atomic E-state index is 12.1. The molecule has 2 heterocycles. The molecule has 0 aliphatic carbocycles. The first-order valence-electron chi connectivity index (χ1n) is 7.60. The zero-order valence-electron chi connectivity index (χ0n) is 14.0. The highest BCUT2D eigenvalue weighted by Gasteiger charge is 2.17. The van der Waals surface area contributed by atoms with Crippen molar-refractivity contribution >= 4 is 5.91 Å². The van der Waals surface area contributed by atoms with Gasteiger partial charge in [-0.05, 0) is 27.2 Å². The Morgan fingerprint density at radius 2 is 2.26 bits per heavy atom. The summed E-state index contributed by atoms with van der Waals surface area (Å²) in [6, 6.07) is -0.216. The second-order valence-corrected chi connectivity index (χ2v) is 5.47. The minimum atomic E-state index is -0.216. The Labute approximate surface area is 135 Å². The van der Waals surface area contributed by atoms with Gasteiger partial charge >= 0.3 is 0 Å². The molecule has 8 heteroatoms. The Hall–Kier alpha value is -2.22. The number of aromatic nitrogens is 4. The van der Waals surface area contributed by atoms with E-state index in [0.29, 0.717) is 31.8 Å². The first-order valence-corrected chi connectivity index (χ1v) is 7.60. The van der Waals surface area contributed by atoms with Crippen molar-refractivity contribution in [3.05, 3.63) is 29.2 Å². The molecule has 23 heavy (non-hydrogen) atoms. The number of carbonyl (C=O) groups is 1. The summed E-state index contributed by atoms with van der Waals surface area (Å²) in [5.41, 5.74) is 1.83. The second-order valence-electron chi connectivity index (χ2n) is 5.47. The molecule has 0 spiro atoms. The lowest BCUT2D eigenvalue weighted by molar-refractivity contribution is -0.121. The Balaban J connectivity index is 1.89. The molecule has 0 radical (unpaired) electrons. The standard InChI is InChI=1S/C15H23N5O3/c1-10-13(12(3)23-19-10)5-6-14(21)17-11(2)15-18-16-9-20(15)7-8-22-4/h9,11H,5-8H2,1-4H3,(H,17,21)/t11-/m1/s1. The van der Waals surface area contributed by atoms with Gasteiger partial charge in [-0.25, -0.2) is 0 Å². The first kappa shape index (κ1) is 17.1. The maximum absolute atomic E-state index is 12.1. The van der Waals surface area contributed by atoms with Crippen LogP contribution in [0.2, 0.25) is 0 Å². The fourth-order valence-corrected chi connectivity index (χ4v) is 2.44. The SMILES string of the molecule is COCCn1cnnc1[C@@H](C)NC(=O)CCc1c(C)noc1C. The number of methoxy groups -OCH3 is 1. The molecule has 1 amide bonds. The van der Waals surface area contributed by atoms with E-state index in [2.05, 4.69) is 20.7 Å². The monoisotopic (exact) mass is 321 g/mol. The van der Waals surface area contributed by atoms with Crippen LogP contribution in [-0.2, 0) is 22.5 Å². The largest absolute Gasteiger partial charge is 0.383 e. The number of rotatable bonds is 8. The fourth-order valence-electron chi connectivity index (χ4n) is 2.44. The molecule has 0 bridgehead atoms. The van der Waals surface area contributed by atoms with Gasteiger partial charge in [-0.15, -0.1) is 10.2 Å². The zero-order chi connectivity index (χ0) is 16.8. The van der Waals surface area contributed by atoms with Gasteiger partial charge in [0.05, 0.1) is 18.3 Å². The van der Waals surface area contributed by atoms with Gasteiger partial charge in [0.25, 0.3) is 0 Å². The normalized spacial score (nSPS) is 12.3. The van der Waals surface area contributed by atoms with Gasteiger partial charge in [-0.1, -0.05) is 5.16 Å². The van der Waals surface area contributed by atoms with Crippen molar-refractivity contribution in [2.24, 2.45) is 0 Å². The number of ether oxygens (including phenoxy) is 1. The lowest BCUT2D eigenvalue weighted by atomic mass is 10.1. The third-order valence-electron chi connectivity index (χ3n) is 3.73. The van der Waals surface area contributed by atoms with Gasteiger partial charge in [0.15, 0.2) is 5.82 Å². The van der Waals surface area contributed by atoms with Crippen LogP contribution >= 0.6 is 0 Å². The molecular weight excluding hydrogens is 298 g/mol. The lowest BCUT2D eigenvalue weighted by Gasteiger charge is -2.14. The van der Waals surface area contributed by atoms with E-state index < -0.39 is 0 Å². The van der Waals surface area contributed by atoms with E-state index in [1.165, 1.54) is 0 Å². The highest BCUT2D eigenvalue weighted by Crippen LogP contribution is 2.15. The third kappa shape index (κ3) is 4.38. The van der Waals surface area contributed by atoms with Crippen molar-refractivity contribution in [2.45, 2.75) is 46.2 Å². The van der Waals surface area contributed by atoms with Gasteiger partial charge in [-0.3, -0.25) is 4.79 Å². The van der Waals surface area contributed by atoms with Crippen LogP contribution in [0.4, 0.5) is 0 Å². The number of nitrogens with one attached hydrogen (secondary N) is 1. The molecule has 0 fully saturated rings. The highest BCUT2D eigenvalue weighted by molar-refractivity contribution is 5.76. The average Bonchev–Trinajstić information content (AvgIpc) is 3.10. The van der Waals surface area contributed by atoms with Crippen molar-refractivity contribution in [1.82, 2.24) is 25.2 Å². The highest BCUT2D eigenvalue weighted by atomic mass is 16.5. The van der Waals surface area contributed by atoms with Crippen LogP contribution in [0.25, 0.3) is 0 Å². The van der Waals surface area contributed by atoms with Crippen molar-refractivity contribution < 1.29 is 14.1 Å². The average molecular weight is 321 g/mol. The van der Waals surface area contributed by atoms with E-state index >= 15 is 0 Å². The smallest absolute Gasteiger partial charge is 0.220 e. The van der Waals surface area contributed by atoms with Gasteiger partial charge in [0.2, 0.25) is 5.91 Å². The van der Waals surface area contributed by atoms with Crippen molar-refractivity contribution in [2.75, 3.05) is 13.7 Å². The minimum Gasteiger partial charge on any atom is -0.383 e. The summed E-state index contributed by atoms with van der Waals surface area (Å²) >= 11 is 0. The first-order chi connectivity index (χ1) is 11.0. The van der Waals surface area contributed by atoms with Gasteiger partial charge in [-0.2, -0.15) is 0 Å². The molecule has 1 atom stereocenters. The van der Waals surface area contributed by atoms with Crippen LogP contribution in [-0.4, -0.2) is 39.5 Å². The summed E-state index contributed by atoms with van der Waals surface area (Å²) in [6.07, 6.45) is 2.62. The molecule has 8 nitrogen and oxygen atoms in total. The van der Waals surface area contributed by atoms with Crippen LogP contribution in [0.15, 0.2) is 10.9 Å². The van der Waals surface area contributed by atoms with E-state index in [1.807, 2.05) is 25.3 Å². The van der Waals surface area contributed by atoms with Gasteiger partial charge < -0.3 is 19.1 Å². The second kappa shape index (κ2) is 7.87. The summed E-state index contributed by atoms with van der Waals surface area (Å²) in [6.45, 7) is 6.84. The molecular formula is C15H23N5O3. The Morgan fingerprint density at radius 1 is 1.48 bits per heavy atom. The van der Waals surface area contributed by atoms with Crippen LogP contribution in [0.3, 0.4) is 0 Å². The summed E-state index contributed by atoms with van der Waals surface area (Å²) in [5.74, 6) is 1.44. The molecule has 0 aromatic carbocycles. The van der Waals surface area contributed by atoms with Crippen molar-refractivity contribution in [1.29, 1.82) is 0 Å². The van der Waals surface area contributed by atoms with E-state index in [-0.39, 0.29) is 11.9 Å². The van der Waals surface area contributed by atoms with Crippen molar-refractivity contribution in [3.8, 4) is 0 Å². The van der Waals surface area contributed by atoms with Crippen LogP contribution in [0.1, 0.15) is 42.2 Å². The summed E-state index contributed by atoms with van der Waals surface area (Å²) in [5, 5.41) is 14.8. The Kier molecular flexibility index (Phi) is 5.86. The van der Waals surface area contributed by atoms with E-state index in [0.717, 1.165) is 17.0 Å². The number of hydrogen-bond acceptors (Lipinski definition) is 6. The minimum absolute atomic E-state index is 0.0428. The number of nitrogens with zero attached hydrogens (tertiary/aromatic N) is 4. The van der Waals surface area contributed by atoms with Crippen LogP contribution in [0.5, 0.6) is 0 Å². The molecule has 0 aliphatic rings. The molecule has 2 rings (SSSR count). The molecule has 0 saturated carbocycles. The number of aryl methyl sites for hydroxylation is 2. The quantitative estimate of drug-likeness (QED) is 0.788. The van der Waals surface area contributed by atoms with E-state index in [4.69, 9.17) is 9.26 Å². The summed E-state index contributed by atoms with van der Waals surface area (Å²) in [7, 11) is 1.64. The molecule has 0 aliphatic heterocycles. The predicted molar refractivity (Wildman–Crippen MR) is 82.8 cm³/mol. The maximum Gasteiger partial charge on any atom is 0.220 e. The fraction of sp³-hybridized carbons (Fsp3) is 0.600. The number of carbonyl (C=O) groups excluding carboxylic acids is 1. The topological polar surface area (TPSA) is 95.1 Å². The Bertz CT molecular complexity index is 630. The van der Waals surface area contributed by atoms with Crippen LogP contribution in [0, 0.1) is 13.8 Å². The molecule has 2 aromatic rings. The number of amides is 1.